The molecule has 2 aromatic carbocycles. The van der Waals surface area contributed by atoms with Crippen LogP contribution in [0, 0.1) is 5.82 Å². The van der Waals surface area contributed by atoms with Crippen molar-refractivity contribution >= 4 is 5.91 Å². The Morgan fingerprint density at radius 2 is 1.82 bits per heavy atom. The molecule has 0 fully saturated rings. The predicted molar refractivity (Wildman–Crippen MR) is 83.6 cm³/mol. The van der Waals surface area contributed by atoms with Crippen LogP contribution in [0.4, 0.5) is 4.39 Å². The van der Waals surface area contributed by atoms with E-state index in [2.05, 4.69) is 0 Å². The molecule has 22 heavy (non-hydrogen) atoms. The molecule has 0 spiro atoms. The number of likely N-dealkylation sites (N-methyl/N-ethyl adjacent to an activating group) is 1. The van der Waals surface area contributed by atoms with Gasteiger partial charge in [-0.1, -0.05) is 42.5 Å². The van der Waals surface area contributed by atoms with Crippen molar-refractivity contribution in [1.29, 1.82) is 0 Å². The van der Waals surface area contributed by atoms with Gasteiger partial charge < -0.3 is 9.64 Å². The Bertz CT molecular complexity index is 601. The lowest BCUT2D eigenvalue weighted by Crippen LogP contribution is -2.33. The van der Waals surface area contributed by atoms with Crippen molar-refractivity contribution in [2.45, 2.75) is 20.1 Å². The third-order valence-corrected chi connectivity index (χ3v) is 3.33. The lowest BCUT2D eigenvalue weighted by Gasteiger charge is -2.21. The summed E-state index contributed by atoms with van der Waals surface area (Å²) in [5.41, 5.74) is 1.81. The number of amides is 1. The normalized spacial score (nSPS) is 10.5. The maximum Gasteiger partial charge on any atom is 0.248 e. The van der Waals surface area contributed by atoms with Gasteiger partial charge in [0.2, 0.25) is 5.91 Å². The van der Waals surface area contributed by atoms with E-state index in [9.17, 15) is 9.18 Å². The number of benzene rings is 2. The fraction of sp³-hybridized carbons (Fsp3) is 0.278. The van der Waals surface area contributed by atoms with Crippen LogP contribution >= 0.6 is 0 Å². The quantitative estimate of drug-likeness (QED) is 0.784. The van der Waals surface area contributed by atoms with Crippen LogP contribution in [0.1, 0.15) is 18.1 Å². The van der Waals surface area contributed by atoms with E-state index in [0.29, 0.717) is 19.7 Å². The topological polar surface area (TPSA) is 29.5 Å². The van der Waals surface area contributed by atoms with Crippen molar-refractivity contribution in [3.63, 3.8) is 0 Å². The zero-order valence-corrected chi connectivity index (χ0v) is 12.7. The van der Waals surface area contributed by atoms with Gasteiger partial charge in [0.1, 0.15) is 12.4 Å². The highest BCUT2D eigenvalue weighted by atomic mass is 19.1. The minimum atomic E-state index is -0.290. The van der Waals surface area contributed by atoms with Crippen molar-refractivity contribution in [2.75, 3.05) is 13.2 Å². The molecule has 2 rings (SSSR count). The van der Waals surface area contributed by atoms with E-state index in [1.165, 1.54) is 12.1 Å². The zero-order chi connectivity index (χ0) is 15.8. The van der Waals surface area contributed by atoms with Gasteiger partial charge in [-0.05, 0) is 30.2 Å². The van der Waals surface area contributed by atoms with E-state index in [0.717, 1.165) is 11.1 Å². The molecule has 4 heteroatoms. The van der Waals surface area contributed by atoms with E-state index >= 15 is 0 Å². The summed E-state index contributed by atoms with van der Waals surface area (Å²) in [5.74, 6) is -0.385. The van der Waals surface area contributed by atoms with Crippen molar-refractivity contribution in [3.05, 3.63) is 71.5 Å². The van der Waals surface area contributed by atoms with Crippen LogP contribution in [0.2, 0.25) is 0 Å². The Balaban J connectivity index is 1.84. The number of halogens is 1. The van der Waals surface area contributed by atoms with E-state index in [1.807, 2.05) is 43.3 Å². The van der Waals surface area contributed by atoms with Gasteiger partial charge in [0.25, 0.3) is 0 Å². The lowest BCUT2D eigenvalue weighted by molar-refractivity contribution is -0.137. The molecule has 0 N–H and O–H groups in total. The van der Waals surface area contributed by atoms with Gasteiger partial charge in [0, 0.05) is 13.1 Å². The monoisotopic (exact) mass is 301 g/mol. The van der Waals surface area contributed by atoms with Crippen LogP contribution in [-0.4, -0.2) is 24.0 Å². The molecule has 0 aromatic heterocycles. The van der Waals surface area contributed by atoms with Gasteiger partial charge in [0.05, 0.1) is 6.61 Å². The van der Waals surface area contributed by atoms with E-state index in [-0.39, 0.29) is 18.3 Å². The Labute approximate surface area is 130 Å². The first-order valence-corrected chi connectivity index (χ1v) is 7.33. The van der Waals surface area contributed by atoms with Crippen LogP contribution in [-0.2, 0) is 22.7 Å². The first-order chi connectivity index (χ1) is 10.7. The summed E-state index contributed by atoms with van der Waals surface area (Å²) in [6.45, 7) is 3.28. The summed E-state index contributed by atoms with van der Waals surface area (Å²) < 4.78 is 18.6. The van der Waals surface area contributed by atoms with E-state index in [4.69, 9.17) is 4.74 Å². The zero-order valence-electron chi connectivity index (χ0n) is 12.7. The van der Waals surface area contributed by atoms with Gasteiger partial charge in [-0.15, -0.1) is 0 Å². The maximum absolute atomic E-state index is 13.2. The molecule has 0 aliphatic heterocycles. The summed E-state index contributed by atoms with van der Waals surface area (Å²) in [4.78, 5) is 13.8. The Hall–Kier alpha value is -2.20. The predicted octanol–water partition coefficient (Wildman–Crippen LogP) is 3.39. The number of ether oxygens (including phenoxy) is 1. The second-order valence-electron chi connectivity index (χ2n) is 5.02. The minimum absolute atomic E-state index is 0.0258. The lowest BCUT2D eigenvalue weighted by atomic mass is 10.2. The molecule has 3 nitrogen and oxygen atoms in total. The van der Waals surface area contributed by atoms with Gasteiger partial charge in [-0.2, -0.15) is 0 Å². The number of carbonyl (C=O) groups is 1. The molecule has 0 aliphatic rings. The maximum atomic E-state index is 13.2. The second kappa shape index (κ2) is 8.29. The summed E-state index contributed by atoms with van der Waals surface area (Å²) in [5, 5.41) is 0. The first-order valence-electron chi connectivity index (χ1n) is 7.33. The van der Waals surface area contributed by atoms with Crippen molar-refractivity contribution in [2.24, 2.45) is 0 Å². The molecular weight excluding hydrogens is 281 g/mol. The highest BCUT2D eigenvalue weighted by Crippen LogP contribution is 2.08. The van der Waals surface area contributed by atoms with Crippen molar-refractivity contribution in [3.8, 4) is 0 Å². The summed E-state index contributed by atoms with van der Waals surface area (Å²) in [6, 6.07) is 16.0. The average molecular weight is 301 g/mol. The van der Waals surface area contributed by atoms with Crippen LogP contribution in [0.15, 0.2) is 54.6 Å². The van der Waals surface area contributed by atoms with Crippen LogP contribution in [0.25, 0.3) is 0 Å². The highest BCUT2D eigenvalue weighted by molar-refractivity contribution is 5.77. The van der Waals surface area contributed by atoms with Crippen molar-refractivity contribution in [1.82, 2.24) is 4.90 Å². The average Bonchev–Trinajstić information content (AvgIpc) is 2.53. The SMILES string of the molecule is CCN(Cc1cccc(F)c1)C(=O)COCc1ccccc1. The van der Waals surface area contributed by atoms with E-state index in [1.54, 1.807) is 11.0 Å². The largest absolute Gasteiger partial charge is 0.367 e. The molecule has 0 atom stereocenters. The van der Waals surface area contributed by atoms with Crippen LogP contribution < -0.4 is 0 Å². The molecule has 1 amide bonds. The number of hydrogen-bond acceptors (Lipinski definition) is 2. The molecule has 2 aromatic rings. The molecule has 0 heterocycles. The Kier molecular flexibility index (Phi) is 6.10. The number of nitrogens with zero attached hydrogens (tertiary/aromatic N) is 1. The minimum Gasteiger partial charge on any atom is -0.367 e. The highest BCUT2D eigenvalue weighted by Gasteiger charge is 2.12. The molecule has 0 saturated heterocycles. The van der Waals surface area contributed by atoms with Crippen LogP contribution in [0.5, 0.6) is 0 Å². The van der Waals surface area contributed by atoms with Crippen molar-refractivity contribution < 1.29 is 13.9 Å². The standard InChI is InChI=1S/C18H20FNO2/c1-2-20(12-16-9-6-10-17(19)11-16)18(21)14-22-13-15-7-4-3-5-8-15/h3-11H,2,12-14H2,1H3. The molecule has 0 unspecified atom stereocenters. The molecule has 0 aliphatic carbocycles. The van der Waals surface area contributed by atoms with Gasteiger partial charge in [0.15, 0.2) is 0 Å². The fourth-order valence-corrected chi connectivity index (χ4v) is 2.15. The van der Waals surface area contributed by atoms with Gasteiger partial charge >= 0.3 is 0 Å². The number of hydrogen-bond donors (Lipinski definition) is 0. The summed E-state index contributed by atoms with van der Waals surface area (Å²) in [6.07, 6.45) is 0. The fourth-order valence-electron chi connectivity index (χ4n) is 2.15. The summed E-state index contributed by atoms with van der Waals surface area (Å²) in [7, 11) is 0. The molecular formula is C18H20FNO2. The Morgan fingerprint density at radius 3 is 2.50 bits per heavy atom. The van der Waals surface area contributed by atoms with Gasteiger partial charge in [-0.3, -0.25) is 4.79 Å². The smallest absolute Gasteiger partial charge is 0.248 e. The second-order valence-corrected chi connectivity index (χ2v) is 5.02. The van der Waals surface area contributed by atoms with Gasteiger partial charge in [-0.25, -0.2) is 4.39 Å². The first kappa shape index (κ1) is 16.2. The van der Waals surface area contributed by atoms with E-state index < -0.39 is 0 Å². The molecule has 0 radical (unpaired) electrons. The third kappa shape index (κ3) is 4.97. The molecule has 0 bridgehead atoms. The summed E-state index contributed by atoms with van der Waals surface area (Å²) >= 11 is 0. The number of rotatable bonds is 7. The van der Waals surface area contributed by atoms with Crippen LogP contribution in [0.3, 0.4) is 0 Å². The Morgan fingerprint density at radius 1 is 1.09 bits per heavy atom. The molecule has 0 saturated carbocycles. The third-order valence-electron chi connectivity index (χ3n) is 3.33. The molecule has 116 valence electrons. The number of carbonyl (C=O) groups excluding carboxylic acids is 1.